The molecule has 1 atom stereocenters. The Bertz CT molecular complexity index is 681. The number of aromatic nitrogens is 1. The van der Waals surface area contributed by atoms with E-state index in [4.69, 9.17) is 16.3 Å². The zero-order chi connectivity index (χ0) is 14.8. The second-order valence-electron chi connectivity index (χ2n) is 5.33. The van der Waals surface area contributed by atoms with Crippen molar-refractivity contribution in [1.29, 1.82) is 0 Å². The van der Waals surface area contributed by atoms with Crippen molar-refractivity contribution in [2.75, 3.05) is 13.2 Å². The van der Waals surface area contributed by atoms with E-state index in [0.29, 0.717) is 22.7 Å². The molecule has 2 aromatic rings. The van der Waals surface area contributed by atoms with Gasteiger partial charge >= 0.3 is 0 Å². The molecule has 2 heterocycles. The maximum Gasteiger partial charge on any atom is 0.252 e. The van der Waals surface area contributed by atoms with E-state index in [1.807, 2.05) is 19.1 Å². The van der Waals surface area contributed by atoms with Crippen molar-refractivity contribution in [3.05, 3.63) is 40.5 Å². The van der Waals surface area contributed by atoms with E-state index in [9.17, 15) is 4.79 Å². The van der Waals surface area contributed by atoms with E-state index in [1.165, 1.54) is 0 Å². The van der Waals surface area contributed by atoms with E-state index in [0.717, 1.165) is 30.5 Å². The molecule has 1 aromatic heterocycles. The fourth-order valence-corrected chi connectivity index (χ4v) is 2.86. The molecule has 1 aromatic carbocycles. The van der Waals surface area contributed by atoms with Gasteiger partial charge in [0.1, 0.15) is 0 Å². The summed E-state index contributed by atoms with van der Waals surface area (Å²) in [5, 5.41) is 4.38. The van der Waals surface area contributed by atoms with Gasteiger partial charge in [-0.3, -0.25) is 9.78 Å². The topological polar surface area (TPSA) is 51.2 Å². The van der Waals surface area contributed by atoms with Gasteiger partial charge in [-0.2, -0.15) is 0 Å². The van der Waals surface area contributed by atoms with E-state index in [-0.39, 0.29) is 11.9 Å². The van der Waals surface area contributed by atoms with E-state index in [1.54, 1.807) is 12.1 Å². The quantitative estimate of drug-likeness (QED) is 0.927. The average molecular weight is 305 g/mol. The van der Waals surface area contributed by atoms with Crippen LogP contribution in [0.1, 0.15) is 28.9 Å². The van der Waals surface area contributed by atoms with Gasteiger partial charge in [0.2, 0.25) is 0 Å². The molecule has 1 aliphatic heterocycles. The standard InChI is InChI=1S/C16H17ClN2O2/c1-10-8-13(12-5-2-6-14(17)15(12)18-10)16(20)19-11-4-3-7-21-9-11/h2,5-6,8,11H,3-4,7,9H2,1H3,(H,19,20). The molecule has 21 heavy (non-hydrogen) atoms. The highest BCUT2D eigenvalue weighted by Crippen LogP contribution is 2.25. The number of hydrogen-bond donors (Lipinski definition) is 1. The molecule has 1 N–H and O–H groups in total. The van der Waals surface area contributed by atoms with Crippen LogP contribution in [-0.2, 0) is 4.74 Å². The van der Waals surface area contributed by atoms with Gasteiger partial charge in [-0.1, -0.05) is 23.7 Å². The Morgan fingerprint density at radius 2 is 2.33 bits per heavy atom. The Balaban J connectivity index is 1.95. The van der Waals surface area contributed by atoms with Gasteiger partial charge < -0.3 is 10.1 Å². The third-order valence-electron chi connectivity index (χ3n) is 3.66. The Hall–Kier alpha value is -1.65. The van der Waals surface area contributed by atoms with Gasteiger partial charge in [0, 0.05) is 17.7 Å². The number of amides is 1. The van der Waals surface area contributed by atoms with Gasteiger partial charge in [-0.05, 0) is 31.9 Å². The molecule has 0 bridgehead atoms. The minimum atomic E-state index is -0.0942. The zero-order valence-electron chi connectivity index (χ0n) is 11.9. The molecular weight excluding hydrogens is 288 g/mol. The summed E-state index contributed by atoms with van der Waals surface area (Å²) in [4.78, 5) is 17.0. The molecular formula is C16H17ClN2O2. The first-order chi connectivity index (χ1) is 10.1. The summed E-state index contributed by atoms with van der Waals surface area (Å²) in [6.45, 7) is 3.22. The Morgan fingerprint density at radius 3 is 3.10 bits per heavy atom. The number of halogens is 1. The molecule has 1 amide bonds. The number of para-hydroxylation sites is 1. The number of benzene rings is 1. The number of carbonyl (C=O) groups is 1. The molecule has 0 spiro atoms. The number of nitrogens with zero attached hydrogens (tertiary/aromatic N) is 1. The Morgan fingerprint density at radius 1 is 1.48 bits per heavy atom. The number of carbonyl (C=O) groups excluding carboxylic acids is 1. The first-order valence-electron chi connectivity index (χ1n) is 7.09. The van der Waals surface area contributed by atoms with Crippen molar-refractivity contribution < 1.29 is 9.53 Å². The molecule has 110 valence electrons. The molecule has 5 heteroatoms. The maximum atomic E-state index is 12.6. The summed E-state index contributed by atoms with van der Waals surface area (Å²) in [6, 6.07) is 7.38. The number of pyridine rings is 1. The molecule has 4 nitrogen and oxygen atoms in total. The summed E-state index contributed by atoms with van der Waals surface area (Å²) in [5.74, 6) is -0.0942. The van der Waals surface area contributed by atoms with Crippen LogP contribution in [0.2, 0.25) is 5.02 Å². The van der Waals surface area contributed by atoms with Crippen molar-refractivity contribution in [2.45, 2.75) is 25.8 Å². The van der Waals surface area contributed by atoms with Crippen LogP contribution in [0.3, 0.4) is 0 Å². The van der Waals surface area contributed by atoms with Crippen LogP contribution >= 0.6 is 11.6 Å². The van der Waals surface area contributed by atoms with E-state index < -0.39 is 0 Å². The molecule has 0 aliphatic carbocycles. The lowest BCUT2D eigenvalue weighted by molar-refractivity contribution is 0.0625. The normalized spacial score (nSPS) is 18.7. The molecule has 1 aliphatic rings. The van der Waals surface area contributed by atoms with Crippen molar-refractivity contribution in [3.63, 3.8) is 0 Å². The van der Waals surface area contributed by atoms with Crippen LogP contribution < -0.4 is 5.32 Å². The molecule has 1 saturated heterocycles. The maximum absolute atomic E-state index is 12.6. The number of aryl methyl sites for hydroxylation is 1. The summed E-state index contributed by atoms with van der Waals surface area (Å²) < 4.78 is 5.40. The largest absolute Gasteiger partial charge is 0.379 e. The monoisotopic (exact) mass is 304 g/mol. The van der Waals surface area contributed by atoms with Crippen LogP contribution in [0, 0.1) is 6.92 Å². The van der Waals surface area contributed by atoms with Crippen molar-refractivity contribution in [3.8, 4) is 0 Å². The summed E-state index contributed by atoms with van der Waals surface area (Å²) >= 11 is 6.18. The molecule has 0 saturated carbocycles. The van der Waals surface area contributed by atoms with Gasteiger partial charge in [0.15, 0.2) is 0 Å². The number of rotatable bonds is 2. The van der Waals surface area contributed by atoms with Crippen molar-refractivity contribution in [2.24, 2.45) is 0 Å². The first kappa shape index (κ1) is 14.3. The average Bonchev–Trinajstić information content (AvgIpc) is 2.48. The predicted octanol–water partition coefficient (Wildman–Crippen LogP) is 3.11. The van der Waals surface area contributed by atoms with Gasteiger partial charge in [0.25, 0.3) is 5.91 Å². The highest BCUT2D eigenvalue weighted by Gasteiger charge is 2.19. The smallest absolute Gasteiger partial charge is 0.252 e. The molecule has 1 fully saturated rings. The van der Waals surface area contributed by atoms with Crippen molar-refractivity contribution >= 4 is 28.4 Å². The number of fused-ring (bicyclic) bond motifs is 1. The third kappa shape index (κ3) is 3.01. The fourth-order valence-electron chi connectivity index (χ4n) is 2.65. The van der Waals surface area contributed by atoms with Gasteiger partial charge in [-0.25, -0.2) is 0 Å². The lowest BCUT2D eigenvalue weighted by atomic mass is 10.1. The minimum absolute atomic E-state index is 0.0777. The fraction of sp³-hybridized carbons (Fsp3) is 0.375. The minimum Gasteiger partial charge on any atom is -0.379 e. The van der Waals surface area contributed by atoms with Crippen LogP contribution in [-0.4, -0.2) is 30.1 Å². The van der Waals surface area contributed by atoms with E-state index in [2.05, 4.69) is 10.3 Å². The Labute approximate surface area is 128 Å². The lowest BCUT2D eigenvalue weighted by Gasteiger charge is -2.23. The molecule has 3 rings (SSSR count). The second-order valence-corrected chi connectivity index (χ2v) is 5.74. The Kier molecular flexibility index (Phi) is 4.08. The van der Waals surface area contributed by atoms with Crippen LogP contribution in [0.25, 0.3) is 10.9 Å². The van der Waals surface area contributed by atoms with Crippen molar-refractivity contribution in [1.82, 2.24) is 10.3 Å². The summed E-state index contributed by atoms with van der Waals surface area (Å²) in [7, 11) is 0. The third-order valence-corrected chi connectivity index (χ3v) is 3.96. The van der Waals surface area contributed by atoms with Gasteiger partial charge in [0.05, 0.1) is 28.8 Å². The first-order valence-corrected chi connectivity index (χ1v) is 7.47. The summed E-state index contributed by atoms with van der Waals surface area (Å²) in [6.07, 6.45) is 1.93. The molecule has 1 unspecified atom stereocenters. The molecule has 0 radical (unpaired) electrons. The van der Waals surface area contributed by atoms with Crippen LogP contribution in [0.5, 0.6) is 0 Å². The summed E-state index contributed by atoms with van der Waals surface area (Å²) in [5.41, 5.74) is 2.07. The number of nitrogens with one attached hydrogen (secondary N) is 1. The van der Waals surface area contributed by atoms with E-state index >= 15 is 0 Å². The number of ether oxygens (including phenoxy) is 1. The highest BCUT2D eigenvalue weighted by atomic mass is 35.5. The predicted molar refractivity (Wildman–Crippen MR) is 82.8 cm³/mol. The number of hydrogen-bond acceptors (Lipinski definition) is 3. The SMILES string of the molecule is Cc1cc(C(=O)NC2CCCOC2)c2cccc(Cl)c2n1. The highest BCUT2D eigenvalue weighted by molar-refractivity contribution is 6.35. The van der Waals surface area contributed by atoms with Crippen LogP contribution in [0.15, 0.2) is 24.3 Å². The van der Waals surface area contributed by atoms with Gasteiger partial charge in [-0.15, -0.1) is 0 Å². The lowest BCUT2D eigenvalue weighted by Crippen LogP contribution is -2.40. The van der Waals surface area contributed by atoms with Crippen LogP contribution in [0.4, 0.5) is 0 Å². The second kappa shape index (κ2) is 6.00. The zero-order valence-corrected chi connectivity index (χ0v) is 12.6.